The molecular weight excluding hydrogens is 112 g/mol. The van der Waals surface area contributed by atoms with E-state index in [0.29, 0.717) is 5.92 Å². The summed E-state index contributed by atoms with van der Waals surface area (Å²) in [5, 5.41) is 0. The van der Waals surface area contributed by atoms with Crippen LogP contribution in [0.1, 0.15) is 13.8 Å². The van der Waals surface area contributed by atoms with Crippen molar-refractivity contribution in [2.24, 2.45) is 16.6 Å². The van der Waals surface area contributed by atoms with Crippen molar-refractivity contribution in [2.45, 2.75) is 13.8 Å². The first-order valence-electron chi connectivity index (χ1n) is 3.06. The van der Waals surface area contributed by atoms with Crippen LogP contribution >= 0.6 is 0 Å². The summed E-state index contributed by atoms with van der Waals surface area (Å²) in [6.45, 7) is 4.17. The van der Waals surface area contributed by atoms with E-state index >= 15 is 0 Å². The van der Waals surface area contributed by atoms with Gasteiger partial charge in [-0.2, -0.15) is 0 Å². The first-order valence-corrected chi connectivity index (χ1v) is 3.06. The molecule has 0 heterocycles. The van der Waals surface area contributed by atoms with Crippen molar-refractivity contribution in [1.82, 2.24) is 0 Å². The Hall–Kier alpha value is -0.790. The summed E-state index contributed by atoms with van der Waals surface area (Å²) < 4.78 is 0. The first kappa shape index (κ1) is 8.21. The van der Waals surface area contributed by atoms with Gasteiger partial charge in [0.05, 0.1) is 0 Å². The number of aliphatic imine (C=N–C) groups is 1. The van der Waals surface area contributed by atoms with E-state index in [2.05, 4.69) is 18.8 Å². The molecule has 2 nitrogen and oxygen atoms in total. The van der Waals surface area contributed by atoms with Crippen molar-refractivity contribution in [3.8, 4) is 0 Å². The Morgan fingerprint density at radius 3 is 2.22 bits per heavy atom. The molecule has 0 radical (unpaired) electrons. The molecule has 2 N–H and O–H groups in total. The van der Waals surface area contributed by atoms with Crippen LogP contribution in [0.25, 0.3) is 0 Å². The summed E-state index contributed by atoms with van der Waals surface area (Å²) in [7, 11) is 1.74. The third-order valence-electron chi connectivity index (χ3n) is 1.14. The summed E-state index contributed by atoms with van der Waals surface area (Å²) >= 11 is 0. The minimum Gasteiger partial charge on any atom is -0.404 e. The number of allylic oxidation sites excluding steroid dienone is 1. The van der Waals surface area contributed by atoms with E-state index in [0.717, 1.165) is 5.57 Å². The lowest BCUT2D eigenvalue weighted by atomic mass is 10.1. The summed E-state index contributed by atoms with van der Waals surface area (Å²) in [4.78, 5) is 3.85. The minimum atomic E-state index is 0.471. The highest BCUT2D eigenvalue weighted by atomic mass is 14.6. The van der Waals surface area contributed by atoms with Crippen LogP contribution in [0.3, 0.4) is 0 Å². The lowest BCUT2D eigenvalue weighted by molar-refractivity contribution is 0.803. The van der Waals surface area contributed by atoms with Crippen molar-refractivity contribution in [1.29, 1.82) is 0 Å². The van der Waals surface area contributed by atoms with Crippen LogP contribution in [-0.2, 0) is 0 Å². The molecule has 0 saturated carbocycles. The molecule has 0 aliphatic rings. The predicted molar refractivity (Wildman–Crippen MR) is 41.5 cm³/mol. The van der Waals surface area contributed by atoms with Gasteiger partial charge in [0.2, 0.25) is 0 Å². The molecule has 0 unspecified atom stereocenters. The maximum absolute atomic E-state index is 5.31. The standard InChI is InChI=1S/C7H14N2/c1-6(2)7(4-8)5-9-3/h4-6H,8H2,1-3H3/b7-4+,9-5?. The monoisotopic (exact) mass is 126 g/mol. The van der Waals surface area contributed by atoms with Crippen molar-refractivity contribution >= 4 is 6.21 Å². The highest BCUT2D eigenvalue weighted by molar-refractivity contribution is 5.78. The van der Waals surface area contributed by atoms with Crippen molar-refractivity contribution in [2.75, 3.05) is 7.05 Å². The molecule has 0 aliphatic heterocycles. The topological polar surface area (TPSA) is 38.4 Å². The average molecular weight is 126 g/mol. The van der Waals surface area contributed by atoms with E-state index in [1.54, 1.807) is 19.5 Å². The Balaban J connectivity index is 4.01. The minimum absolute atomic E-state index is 0.471. The SMILES string of the molecule is CN=C/C(=C\N)C(C)C. The van der Waals surface area contributed by atoms with Crippen LogP contribution in [0, 0.1) is 5.92 Å². The Morgan fingerprint density at radius 2 is 2.11 bits per heavy atom. The van der Waals surface area contributed by atoms with Crippen molar-refractivity contribution in [3.63, 3.8) is 0 Å². The van der Waals surface area contributed by atoms with E-state index in [1.807, 2.05) is 0 Å². The molecule has 2 heteroatoms. The molecule has 0 aromatic rings. The molecule has 0 atom stereocenters. The zero-order valence-corrected chi connectivity index (χ0v) is 6.26. The molecule has 52 valence electrons. The molecule has 0 bridgehead atoms. The molecule has 0 aliphatic carbocycles. The number of nitrogens with two attached hydrogens (primary N) is 1. The number of hydrogen-bond donors (Lipinski definition) is 1. The second-order valence-electron chi connectivity index (χ2n) is 2.21. The van der Waals surface area contributed by atoms with Gasteiger partial charge in [-0.15, -0.1) is 0 Å². The number of hydrogen-bond acceptors (Lipinski definition) is 2. The van der Waals surface area contributed by atoms with E-state index in [-0.39, 0.29) is 0 Å². The van der Waals surface area contributed by atoms with E-state index in [1.165, 1.54) is 0 Å². The van der Waals surface area contributed by atoms with Gasteiger partial charge in [0.15, 0.2) is 0 Å². The van der Waals surface area contributed by atoms with Crippen LogP contribution in [-0.4, -0.2) is 13.3 Å². The molecule has 0 saturated heterocycles. The number of rotatable bonds is 2. The van der Waals surface area contributed by atoms with Gasteiger partial charge in [-0.05, 0) is 17.7 Å². The zero-order valence-electron chi connectivity index (χ0n) is 6.26. The smallest absolute Gasteiger partial charge is 0.0277 e. The Morgan fingerprint density at radius 1 is 1.56 bits per heavy atom. The second-order valence-corrected chi connectivity index (χ2v) is 2.21. The fourth-order valence-electron chi connectivity index (χ4n) is 0.534. The Kier molecular flexibility index (Phi) is 3.76. The first-order chi connectivity index (χ1) is 4.22. The van der Waals surface area contributed by atoms with Crippen LogP contribution in [0.5, 0.6) is 0 Å². The lowest BCUT2D eigenvalue weighted by Gasteiger charge is -2.01. The van der Waals surface area contributed by atoms with Gasteiger partial charge < -0.3 is 5.73 Å². The van der Waals surface area contributed by atoms with Gasteiger partial charge in [0, 0.05) is 13.3 Å². The maximum Gasteiger partial charge on any atom is 0.0277 e. The van der Waals surface area contributed by atoms with Crippen molar-refractivity contribution < 1.29 is 0 Å². The fourth-order valence-corrected chi connectivity index (χ4v) is 0.534. The van der Waals surface area contributed by atoms with Gasteiger partial charge in [0.25, 0.3) is 0 Å². The highest BCUT2D eigenvalue weighted by Gasteiger charge is 1.96. The van der Waals surface area contributed by atoms with E-state index in [4.69, 9.17) is 5.73 Å². The largest absolute Gasteiger partial charge is 0.404 e. The third kappa shape index (κ3) is 2.90. The van der Waals surface area contributed by atoms with Gasteiger partial charge >= 0.3 is 0 Å². The summed E-state index contributed by atoms with van der Waals surface area (Å²) in [6, 6.07) is 0. The summed E-state index contributed by atoms with van der Waals surface area (Å²) in [5.41, 5.74) is 6.39. The predicted octanol–water partition coefficient (Wildman–Crippen LogP) is 1.19. The van der Waals surface area contributed by atoms with E-state index in [9.17, 15) is 0 Å². The molecular formula is C7H14N2. The fraction of sp³-hybridized carbons (Fsp3) is 0.571. The lowest BCUT2D eigenvalue weighted by Crippen LogP contribution is -1.98. The third-order valence-corrected chi connectivity index (χ3v) is 1.14. The maximum atomic E-state index is 5.31. The van der Waals surface area contributed by atoms with Crippen LogP contribution < -0.4 is 5.73 Å². The van der Waals surface area contributed by atoms with Crippen LogP contribution in [0.15, 0.2) is 16.8 Å². The summed E-state index contributed by atoms with van der Waals surface area (Å²) in [6.07, 6.45) is 3.38. The van der Waals surface area contributed by atoms with Gasteiger partial charge in [-0.3, -0.25) is 4.99 Å². The molecule has 9 heavy (non-hydrogen) atoms. The normalized spacial score (nSPS) is 13.6. The summed E-state index contributed by atoms with van der Waals surface area (Å²) in [5.74, 6) is 0.471. The van der Waals surface area contributed by atoms with Gasteiger partial charge in [-0.1, -0.05) is 13.8 Å². The zero-order chi connectivity index (χ0) is 7.28. The quantitative estimate of drug-likeness (QED) is 0.554. The molecule has 0 rings (SSSR count). The molecule has 0 amide bonds. The molecule has 0 aromatic carbocycles. The molecule has 0 fully saturated rings. The van der Waals surface area contributed by atoms with Crippen molar-refractivity contribution in [3.05, 3.63) is 11.8 Å². The average Bonchev–Trinajstić information content (AvgIpc) is 1.82. The number of nitrogens with zero attached hydrogens (tertiary/aromatic N) is 1. The molecule has 0 spiro atoms. The highest BCUT2D eigenvalue weighted by Crippen LogP contribution is 2.03. The van der Waals surface area contributed by atoms with Gasteiger partial charge in [-0.25, -0.2) is 0 Å². The van der Waals surface area contributed by atoms with E-state index < -0.39 is 0 Å². The van der Waals surface area contributed by atoms with Gasteiger partial charge in [0.1, 0.15) is 0 Å². The Labute approximate surface area is 56.5 Å². The molecule has 0 aromatic heterocycles. The Bertz CT molecular complexity index is 123. The van der Waals surface area contributed by atoms with Crippen LogP contribution in [0.4, 0.5) is 0 Å². The second kappa shape index (κ2) is 4.13. The van der Waals surface area contributed by atoms with Crippen LogP contribution in [0.2, 0.25) is 0 Å².